The molecule has 186 valence electrons. The fraction of sp³-hybridized carbons (Fsp3) is 0.323. The van der Waals surface area contributed by atoms with Crippen molar-refractivity contribution >= 4 is 11.6 Å². The predicted molar refractivity (Wildman–Crippen MR) is 149 cm³/mol. The van der Waals surface area contributed by atoms with E-state index in [0.29, 0.717) is 47.3 Å². The van der Waals surface area contributed by atoms with Gasteiger partial charge in [-0.25, -0.2) is 4.98 Å². The van der Waals surface area contributed by atoms with Crippen molar-refractivity contribution in [1.29, 1.82) is 10.5 Å². The van der Waals surface area contributed by atoms with Gasteiger partial charge in [-0.05, 0) is 49.4 Å². The second-order valence-electron chi connectivity index (χ2n) is 9.48. The maximum Gasteiger partial charge on any atom is 0.150 e. The third-order valence-electron chi connectivity index (χ3n) is 6.96. The largest absolute Gasteiger partial charge is 0.369 e. The highest BCUT2D eigenvalue weighted by Gasteiger charge is 2.24. The first-order valence-corrected chi connectivity index (χ1v) is 12.7. The van der Waals surface area contributed by atoms with Gasteiger partial charge in [0.15, 0.2) is 0 Å². The Bertz CT molecular complexity index is 1310. The zero-order chi connectivity index (χ0) is 26.0. The summed E-state index contributed by atoms with van der Waals surface area (Å²) < 4.78 is 0. The van der Waals surface area contributed by atoms with Crippen LogP contribution < -0.4 is 10.2 Å². The maximum absolute atomic E-state index is 10.1. The van der Waals surface area contributed by atoms with Crippen LogP contribution in [0.4, 0.5) is 11.6 Å². The lowest BCUT2D eigenvalue weighted by molar-refractivity contribution is 0.174. The summed E-state index contributed by atoms with van der Waals surface area (Å²) in [4.78, 5) is 9.03. The predicted octanol–water partition coefficient (Wildman–Crippen LogP) is 5.28. The minimum Gasteiger partial charge on any atom is -0.369 e. The molecule has 0 unspecified atom stereocenters. The average Bonchev–Trinajstić information content (AvgIpc) is 2.94. The van der Waals surface area contributed by atoms with Gasteiger partial charge in [0.05, 0.1) is 6.54 Å². The van der Waals surface area contributed by atoms with Crippen molar-refractivity contribution in [2.45, 2.75) is 25.8 Å². The van der Waals surface area contributed by atoms with Crippen LogP contribution in [-0.2, 0) is 6.54 Å². The number of nitriles is 2. The standard InChI is InChI=1S/C31H32N6/c1-3-18-36(2)31-28(22-33)29(26-12-8-5-9-13-26)27(21-32)30(35-31)34-17-14-24-15-19-37(20-16-24)23-25-10-6-4-7-11-25/h1,4-13,24H,14-20,23H2,2H3,(H,34,35). The first-order chi connectivity index (χ1) is 18.1. The number of pyridine rings is 1. The number of hydrogen-bond acceptors (Lipinski definition) is 6. The van der Waals surface area contributed by atoms with Crippen molar-refractivity contribution in [2.75, 3.05) is 43.4 Å². The minimum atomic E-state index is 0.308. The normalized spacial score (nSPS) is 13.8. The topological polar surface area (TPSA) is 79.0 Å². The van der Waals surface area contributed by atoms with Crippen molar-refractivity contribution in [3.05, 3.63) is 77.4 Å². The number of nitrogens with one attached hydrogen (secondary N) is 1. The molecule has 6 nitrogen and oxygen atoms in total. The lowest BCUT2D eigenvalue weighted by atomic mass is 9.93. The van der Waals surface area contributed by atoms with E-state index in [1.165, 1.54) is 5.56 Å². The number of terminal acetylenes is 1. The van der Waals surface area contributed by atoms with Crippen LogP contribution in [0.5, 0.6) is 0 Å². The summed E-state index contributed by atoms with van der Waals surface area (Å²) in [6.07, 6.45) is 8.86. The molecule has 0 spiro atoms. The molecule has 0 bridgehead atoms. The first kappa shape index (κ1) is 25.8. The van der Waals surface area contributed by atoms with Crippen LogP contribution in [0, 0.1) is 40.9 Å². The Morgan fingerprint density at radius 2 is 1.65 bits per heavy atom. The van der Waals surface area contributed by atoms with Crippen molar-refractivity contribution in [1.82, 2.24) is 9.88 Å². The zero-order valence-electron chi connectivity index (χ0n) is 21.3. The smallest absolute Gasteiger partial charge is 0.150 e. The van der Waals surface area contributed by atoms with Gasteiger partial charge >= 0.3 is 0 Å². The van der Waals surface area contributed by atoms with Gasteiger partial charge in [-0.1, -0.05) is 66.6 Å². The van der Waals surface area contributed by atoms with Crippen LogP contribution in [0.25, 0.3) is 11.1 Å². The molecule has 1 fully saturated rings. The molecule has 1 N–H and O–H groups in total. The summed E-state index contributed by atoms with van der Waals surface area (Å²) in [5.41, 5.74) is 3.51. The van der Waals surface area contributed by atoms with Crippen LogP contribution >= 0.6 is 0 Å². The molecule has 0 saturated carbocycles. The van der Waals surface area contributed by atoms with E-state index < -0.39 is 0 Å². The van der Waals surface area contributed by atoms with Gasteiger partial charge in [0.25, 0.3) is 0 Å². The molecular formula is C31H32N6. The highest BCUT2D eigenvalue weighted by atomic mass is 15.2. The van der Waals surface area contributed by atoms with Crippen LogP contribution in [0.2, 0.25) is 0 Å². The highest BCUT2D eigenvalue weighted by molar-refractivity contribution is 5.85. The van der Waals surface area contributed by atoms with Gasteiger partial charge in [-0.15, -0.1) is 6.42 Å². The molecule has 2 aromatic carbocycles. The molecule has 4 rings (SSSR count). The van der Waals surface area contributed by atoms with Crippen molar-refractivity contribution in [3.63, 3.8) is 0 Å². The summed E-state index contributed by atoms with van der Waals surface area (Å²) in [5.74, 6) is 4.22. The Balaban J connectivity index is 1.48. The molecule has 0 amide bonds. The average molecular weight is 489 g/mol. The molecule has 1 aromatic heterocycles. The third kappa shape index (κ3) is 6.28. The molecule has 0 aliphatic carbocycles. The zero-order valence-corrected chi connectivity index (χ0v) is 21.3. The number of anilines is 2. The van der Waals surface area contributed by atoms with E-state index in [1.807, 2.05) is 37.4 Å². The highest BCUT2D eigenvalue weighted by Crippen LogP contribution is 2.36. The second kappa shape index (κ2) is 12.6. The maximum atomic E-state index is 10.1. The van der Waals surface area contributed by atoms with E-state index in [0.717, 1.165) is 44.5 Å². The molecule has 1 aliphatic rings. The molecule has 0 atom stereocenters. The fourth-order valence-electron chi connectivity index (χ4n) is 4.97. The summed E-state index contributed by atoms with van der Waals surface area (Å²) in [6, 6.07) is 24.8. The number of piperidine rings is 1. The summed E-state index contributed by atoms with van der Waals surface area (Å²) >= 11 is 0. The minimum absolute atomic E-state index is 0.308. The quantitative estimate of drug-likeness (QED) is 0.413. The van der Waals surface area contributed by atoms with Gasteiger partial charge in [0.2, 0.25) is 0 Å². The van der Waals surface area contributed by atoms with Gasteiger partial charge < -0.3 is 10.2 Å². The van der Waals surface area contributed by atoms with Gasteiger partial charge in [-0.2, -0.15) is 10.5 Å². The molecule has 37 heavy (non-hydrogen) atoms. The van der Waals surface area contributed by atoms with E-state index in [2.05, 4.69) is 58.6 Å². The lowest BCUT2D eigenvalue weighted by Crippen LogP contribution is -2.33. The Labute approximate surface area is 220 Å². The number of aromatic nitrogens is 1. The monoisotopic (exact) mass is 488 g/mol. The summed E-state index contributed by atoms with van der Waals surface area (Å²) in [7, 11) is 1.82. The van der Waals surface area contributed by atoms with Crippen LogP contribution in [0.15, 0.2) is 60.7 Å². The molecular weight excluding hydrogens is 456 g/mol. The molecule has 6 heteroatoms. The Hall–Kier alpha value is -4.31. The van der Waals surface area contributed by atoms with E-state index in [4.69, 9.17) is 11.4 Å². The Kier molecular flexibility index (Phi) is 8.77. The summed E-state index contributed by atoms with van der Waals surface area (Å²) in [6.45, 7) is 4.21. The SMILES string of the molecule is C#CCN(C)c1nc(NCCC2CCN(Cc3ccccc3)CC2)c(C#N)c(-c2ccccc2)c1C#N. The van der Waals surface area contributed by atoms with Crippen LogP contribution in [0.3, 0.4) is 0 Å². The van der Waals surface area contributed by atoms with E-state index in [9.17, 15) is 10.5 Å². The number of rotatable bonds is 9. The number of nitrogens with zero attached hydrogens (tertiary/aromatic N) is 5. The van der Waals surface area contributed by atoms with Crippen LogP contribution in [-0.4, -0.2) is 43.1 Å². The van der Waals surface area contributed by atoms with E-state index >= 15 is 0 Å². The van der Waals surface area contributed by atoms with Gasteiger partial charge in [0, 0.05) is 25.7 Å². The molecule has 0 radical (unpaired) electrons. The summed E-state index contributed by atoms with van der Waals surface area (Å²) in [5, 5.41) is 23.6. The molecule has 1 aliphatic heterocycles. The van der Waals surface area contributed by atoms with Crippen LogP contribution in [0.1, 0.15) is 36.0 Å². The third-order valence-corrected chi connectivity index (χ3v) is 6.96. The second-order valence-corrected chi connectivity index (χ2v) is 9.48. The number of benzene rings is 2. The van der Waals surface area contributed by atoms with E-state index in [-0.39, 0.29) is 0 Å². The van der Waals surface area contributed by atoms with Gasteiger partial charge in [0.1, 0.15) is 34.9 Å². The lowest BCUT2D eigenvalue weighted by Gasteiger charge is -2.32. The molecule has 2 heterocycles. The number of hydrogen-bond donors (Lipinski definition) is 1. The Morgan fingerprint density at radius 3 is 2.27 bits per heavy atom. The van der Waals surface area contributed by atoms with Crippen molar-refractivity contribution in [3.8, 4) is 35.6 Å². The fourth-order valence-corrected chi connectivity index (χ4v) is 4.97. The molecule has 1 saturated heterocycles. The van der Waals surface area contributed by atoms with Gasteiger partial charge in [-0.3, -0.25) is 4.90 Å². The number of likely N-dealkylation sites (tertiary alicyclic amines) is 1. The van der Waals surface area contributed by atoms with Crippen molar-refractivity contribution < 1.29 is 0 Å². The van der Waals surface area contributed by atoms with E-state index in [1.54, 1.807) is 4.90 Å². The molecule has 3 aromatic rings. The Morgan fingerprint density at radius 1 is 1.00 bits per heavy atom. The first-order valence-electron chi connectivity index (χ1n) is 12.7. The van der Waals surface area contributed by atoms with Crippen molar-refractivity contribution in [2.24, 2.45) is 5.92 Å².